The van der Waals surface area contributed by atoms with Crippen molar-refractivity contribution in [2.75, 3.05) is 18.5 Å². The van der Waals surface area contributed by atoms with Gasteiger partial charge in [0.15, 0.2) is 0 Å². The lowest BCUT2D eigenvalue weighted by Gasteiger charge is -2.07. The molecule has 0 amide bonds. The average Bonchev–Trinajstić information content (AvgIpc) is 2.86. The highest BCUT2D eigenvalue weighted by atomic mass is 19.1. The molecule has 1 N–H and O–H groups in total. The maximum absolute atomic E-state index is 13.0. The Bertz CT molecular complexity index is 583. The lowest BCUT2D eigenvalue weighted by atomic mass is 10.1. The first-order chi connectivity index (χ1) is 9.31. The Hall–Kier alpha value is -2.03. The maximum Gasteiger partial charge on any atom is 0.125 e. The summed E-state index contributed by atoms with van der Waals surface area (Å²) < 4.78 is 18.5. The molecule has 3 heteroatoms. The average molecular weight is 257 g/mol. The summed E-state index contributed by atoms with van der Waals surface area (Å²) in [6.07, 6.45) is 1.92. The summed E-state index contributed by atoms with van der Waals surface area (Å²) >= 11 is 0. The first kappa shape index (κ1) is 12.0. The van der Waals surface area contributed by atoms with Crippen molar-refractivity contribution in [1.82, 2.24) is 0 Å². The number of benzene rings is 2. The Morgan fingerprint density at radius 1 is 1.16 bits per heavy atom. The van der Waals surface area contributed by atoms with Gasteiger partial charge in [-0.05, 0) is 41.8 Å². The number of fused-ring (bicyclic) bond motifs is 1. The fourth-order valence-electron chi connectivity index (χ4n) is 2.35. The van der Waals surface area contributed by atoms with E-state index >= 15 is 0 Å². The van der Waals surface area contributed by atoms with E-state index in [1.165, 1.54) is 23.3 Å². The van der Waals surface area contributed by atoms with E-state index < -0.39 is 0 Å². The number of ether oxygens (including phenoxy) is 1. The fraction of sp³-hybridized carbons (Fsp3) is 0.250. The van der Waals surface area contributed by atoms with Gasteiger partial charge in [0, 0.05) is 18.7 Å². The van der Waals surface area contributed by atoms with Crippen LogP contribution in [0.3, 0.4) is 0 Å². The van der Waals surface area contributed by atoms with E-state index in [4.69, 9.17) is 4.74 Å². The van der Waals surface area contributed by atoms with Gasteiger partial charge in [-0.15, -0.1) is 0 Å². The third-order valence-corrected chi connectivity index (χ3v) is 3.32. The summed E-state index contributed by atoms with van der Waals surface area (Å²) in [7, 11) is 0. The molecule has 0 saturated carbocycles. The maximum atomic E-state index is 13.0. The fourth-order valence-corrected chi connectivity index (χ4v) is 2.35. The zero-order chi connectivity index (χ0) is 13.1. The van der Waals surface area contributed by atoms with Crippen molar-refractivity contribution in [1.29, 1.82) is 0 Å². The zero-order valence-electron chi connectivity index (χ0n) is 10.7. The summed E-state index contributed by atoms with van der Waals surface area (Å²) in [5.41, 5.74) is 3.40. The van der Waals surface area contributed by atoms with Gasteiger partial charge in [0.1, 0.15) is 11.6 Å². The smallest absolute Gasteiger partial charge is 0.125 e. The Kier molecular flexibility index (Phi) is 3.36. The SMILES string of the molecule is Fc1cccc(NCCc2ccc3c(c2)CCO3)c1. The lowest BCUT2D eigenvalue weighted by molar-refractivity contribution is 0.357. The summed E-state index contributed by atoms with van der Waals surface area (Å²) in [6.45, 7) is 1.59. The van der Waals surface area contributed by atoms with E-state index in [0.717, 1.165) is 37.4 Å². The molecule has 1 heterocycles. The van der Waals surface area contributed by atoms with Gasteiger partial charge in [-0.25, -0.2) is 4.39 Å². The van der Waals surface area contributed by atoms with Crippen LogP contribution in [0.2, 0.25) is 0 Å². The predicted molar refractivity (Wildman–Crippen MR) is 74.2 cm³/mol. The largest absolute Gasteiger partial charge is 0.493 e. The first-order valence-corrected chi connectivity index (χ1v) is 6.55. The van der Waals surface area contributed by atoms with Crippen molar-refractivity contribution in [2.24, 2.45) is 0 Å². The number of nitrogens with one attached hydrogen (secondary N) is 1. The standard InChI is InChI=1S/C16H16FNO/c17-14-2-1-3-15(11-14)18-8-6-12-4-5-16-13(10-12)7-9-19-16/h1-5,10-11,18H,6-9H2. The Morgan fingerprint density at radius 3 is 3.00 bits per heavy atom. The second-order valence-electron chi connectivity index (χ2n) is 4.73. The molecule has 0 fully saturated rings. The molecule has 1 aliphatic heterocycles. The minimum Gasteiger partial charge on any atom is -0.493 e. The highest BCUT2D eigenvalue weighted by Gasteiger charge is 2.11. The number of halogens is 1. The van der Waals surface area contributed by atoms with Crippen LogP contribution in [0.15, 0.2) is 42.5 Å². The molecular formula is C16H16FNO. The molecule has 3 rings (SSSR count). The van der Waals surface area contributed by atoms with Gasteiger partial charge in [0.2, 0.25) is 0 Å². The molecule has 0 spiro atoms. The predicted octanol–water partition coefficient (Wildman–Crippen LogP) is 3.42. The molecule has 2 aromatic carbocycles. The van der Waals surface area contributed by atoms with Gasteiger partial charge in [-0.2, -0.15) is 0 Å². The van der Waals surface area contributed by atoms with Crippen LogP contribution in [0.4, 0.5) is 10.1 Å². The van der Waals surface area contributed by atoms with E-state index in [1.807, 2.05) is 12.1 Å². The van der Waals surface area contributed by atoms with Crippen LogP contribution in [-0.2, 0) is 12.8 Å². The van der Waals surface area contributed by atoms with Crippen LogP contribution in [0, 0.1) is 5.82 Å². The van der Waals surface area contributed by atoms with Crippen molar-refractivity contribution in [3.05, 3.63) is 59.4 Å². The highest BCUT2D eigenvalue weighted by molar-refractivity contribution is 5.44. The third-order valence-electron chi connectivity index (χ3n) is 3.32. The Morgan fingerprint density at radius 2 is 2.11 bits per heavy atom. The first-order valence-electron chi connectivity index (χ1n) is 6.55. The van der Waals surface area contributed by atoms with E-state index in [9.17, 15) is 4.39 Å². The molecule has 19 heavy (non-hydrogen) atoms. The molecule has 2 aromatic rings. The van der Waals surface area contributed by atoms with Crippen LogP contribution in [0.25, 0.3) is 0 Å². The second-order valence-corrected chi connectivity index (χ2v) is 4.73. The van der Waals surface area contributed by atoms with Crippen molar-refractivity contribution in [2.45, 2.75) is 12.8 Å². The molecule has 2 nitrogen and oxygen atoms in total. The molecule has 0 aliphatic carbocycles. The highest BCUT2D eigenvalue weighted by Crippen LogP contribution is 2.26. The van der Waals surface area contributed by atoms with Gasteiger partial charge >= 0.3 is 0 Å². The lowest BCUT2D eigenvalue weighted by Crippen LogP contribution is -2.05. The quantitative estimate of drug-likeness (QED) is 0.906. The van der Waals surface area contributed by atoms with Crippen LogP contribution >= 0.6 is 0 Å². The monoisotopic (exact) mass is 257 g/mol. The van der Waals surface area contributed by atoms with Crippen LogP contribution < -0.4 is 10.1 Å². The van der Waals surface area contributed by atoms with Crippen LogP contribution in [0.1, 0.15) is 11.1 Å². The van der Waals surface area contributed by atoms with Gasteiger partial charge in [-0.3, -0.25) is 0 Å². The number of hydrogen-bond acceptors (Lipinski definition) is 2. The van der Waals surface area contributed by atoms with Crippen molar-refractivity contribution in [3.8, 4) is 5.75 Å². The van der Waals surface area contributed by atoms with Crippen molar-refractivity contribution < 1.29 is 9.13 Å². The van der Waals surface area contributed by atoms with Crippen LogP contribution in [-0.4, -0.2) is 13.2 Å². The van der Waals surface area contributed by atoms with Crippen molar-refractivity contribution >= 4 is 5.69 Å². The minimum absolute atomic E-state index is 0.209. The van der Waals surface area contributed by atoms with Gasteiger partial charge in [0.05, 0.1) is 6.61 Å². The van der Waals surface area contributed by atoms with Crippen LogP contribution in [0.5, 0.6) is 5.75 Å². The molecule has 0 radical (unpaired) electrons. The molecule has 0 unspecified atom stereocenters. The Balaban J connectivity index is 1.58. The van der Waals surface area contributed by atoms with Gasteiger partial charge in [-0.1, -0.05) is 18.2 Å². The third kappa shape index (κ3) is 2.87. The minimum atomic E-state index is -0.209. The van der Waals surface area contributed by atoms with E-state index in [2.05, 4.69) is 17.4 Å². The summed E-state index contributed by atoms with van der Waals surface area (Å²) in [5, 5.41) is 3.23. The van der Waals surface area contributed by atoms with Gasteiger partial charge in [0.25, 0.3) is 0 Å². The molecular weight excluding hydrogens is 241 g/mol. The van der Waals surface area contributed by atoms with E-state index in [0.29, 0.717) is 0 Å². The Labute approximate surface area is 112 Å². The topological polar surface area (TPSA) is 21.3 Å². The molecule has 98 valence electrons. The summed E-state index contributed by atoms with van der Waals surface area (Å²) in [6, 6.07) is 12.9. The molecule has 1 aliphatic rings. The zero-order valence-corrected chi connectivity index (χ0v) is 10.7. The molecule has 0 aromatic heterocycles. The summed E-state index contributed by atoms with van der Waals surface area (Å²) in [4.78, 5) is 0. The van der Waals surface area contributed by atoms with E-state index in [-0.39, 0.29) is 5.82 Å². The molecule has 0 saturated heterocycles. The van der Waals surface area contributed by atoms with Crippen molar-refractivity contribution in [3.63, 3.8) is 0 Å². The summed E-state index contributed by atoms with van der Waals surface area (Å²) in [5.74, 6) is 0.807. The molecule has 0 bridgehead atoms. The molecule has 0 atom stereocenters. The number of rotatable bonds is 4. The number of anilines is 1. The van der Waals surface area contributed by atoms with E-state index in [1.54, 1.807) is 6.07 Å². The van der Waals surface area contributed by atoms with Gasteiger partial charge < -0.3 is 10.1 Å². The second kappa shape index (κ2) is 5.31. The normalized spacial score (nSPS) is 12.9. The number of hydrogen-bond donors (Lipinski definition) is 1.